The zero-order valence-corrected chi connectivity index (χ0v) is 21.9. The van der Waals surface area contributed by atoms with Crippen molar-refractivity contribution in [2.75, 3.05) is 13.7 Å². The van der Waals surface area contributed by atoms with Gasteiger partial charge in [0.25, 0.3) is 5.91 Å². The summed E-state index contributed by atoms with van der Waals surface area (Å²) in [5.41, 5.74) is 0.955. The number of benzene rings is 2. The predicted molar refractivity (Wildman–Crippen MR) is 139 cm³/mol. The number of hydrogen-bond donors (Lipinski definition) is 5. The summed E-state index contributed by atoms with van der Waals surface area (Å²) >= 11 is 0. The number of rotatable bonds is 16. The number of aliphatic carboxylic acids is 2. The Morgan fingerprint density at radius 2 is 1.52 bits per heavy atom. The summed E-state index contributed by atoms with van der Waals surface area (Å²) < 4.78 is 23.5. The Labute approximate surface area is 229 Å². The molecule has 2 aromatic carbocycles. The number of ether oxygens (including phenoxy) is 2. The molecule has 0 aliphatic carbocycles. The minimum Gasteiger partial charge on any atom is -0.497 e. The SMILES string of the molecule is COc1ccc(COC(=O)C(CCCCNC(=O)c2ccc(F)cc2)NC(=O)NC(CCC(=O)O)C(=O)O)cc1. The summed E-state index contributed by atoms with van der Waals surface area (Å²) in [4.78, 5) is 59.6. The molecule has 0 saturated heterocycles. The van der Waals surface area contributed by atoms with Gasteiger partial charge < -0.3 is 35.6 Å². The average molecular weight is 562 g/mol. The molecular weight excluding hydrogens is 529 g/mol. The Balaban J connectivity index is 1.94. The van der Waals surface area contributed by atoms with Gasteiger partial charge in [0.2, 0.25) is 0 Å². The zero-order chi connectivity index (χ0) is 29.5. The summed E-state index contributed by atoms with van der Waals surface area (Å²) in [6.07, 6.45) is 0.0727. The number of halogens is 1. The molecule has 40 heavy (non-hydrogen) atoms. The molecule has 0 fully saturated rings. The lowest BCUT2D eigenvalue weighted by molar-refractivity contribution is -0.147. The molecule has 0 saturated carbocycles. The second-order valence-electron chi connectivity index (χ2n) is 8.71. The van der Waals surface area contributed by atoms with Crippen molar-refractivity contribution in [3.8, 4) is 5.75 Å². The highest BCUT2D eigenvalue weighted by Crippen LogP contribution is 2.13. The molecule has 12 nitrogen and oxygen atoms in total. The summed E-state index contributed by atoms with van der Waals surface area (Å²) in [6.45, 7) is 0.152. The Morgan fingerprint density at radius 3 is 2.12 bits per heavy atom. The van der Waals surface area contributed by atoms with E-state index < -0.39 is 54.2 Å². The highest BCUT2D eigenvalue weighted by Gasteiger charge is 2.26. The number of urea groups is 1. The minimum atomic E-state index is -1.48. The van der Waals surface area contributed by atoms with Crippen LogP contribution in [0.5, 0.6) is 5.75 Å². The molecule has 0 bridgehead atoms. The van der Waals surface area contributed by atoms with Crippen LogP contribution in [0.2, 0.25) is 0 Å². The maximum absolute atomic E-state index is 13.0. The third-order valence-corrected chi connectivity index (χ3v) is 5.69. The maximum atomic E-state index is 13.0. The Bertz CT molecular complexity index is 1160. The second-order valence-corrected chi connectivity index (χ2v) is 8.71. The van der Waals surface area contributed by atoms with Crippen LogP contribution in [0.3, 0.4) is 0 Å². The zero-order valence-electron chi connectivity index (χ0n) is 21.9. The lowest BCUT2D eigenvalue weighted by Gasteiger charge is -2.20. The number of carboxylic acids is 2. The van der Waals surface area contributed by atoms with Crippen molar-refractivity contribution in [3.63, 3.8) is 0 Å². The van der Waals surface area contributed by atoms with Crippen molar-refractivity contribution in [3.05, 3.63) is 65.5 Å². The first-order valence-corrected chi connectivity index (χ1v) is 12.4. The summed E-state index contributed by atoms with van der Waals surface area (Å²) in [6, 6.07) is 8.21. The van der Waals surface area contributed by atoms with Gasteiger partial charge in [0, 0.05) is 18.5 Å². The standard InChI is InChI=1S/C27H32FN3O9/c1-39-20-11-5-17(6-12-20)16-40-26(37)22(31-27(38)30-21(25(35)36)13-14-23(32)33)4-2-3-15-29-24(34)18-7-9-19(28)10-8-18/h5-12,21-22H,2-4,13-16H2,1H3,(H,29,34)(H,32,33)(H,35,36)(H2,30,31,38). The Kier molecular flexibility index (Phi) is 12.9. The van der Waals surface area contributed by atoms with Crippen LogP contribution in [-0.2, 0) is 25.7 Å². The van der Waals surface area contributed by atoms with Crippen LogP contribution in [0.25, 0.3) is 0 Å². The van der Waals surface area contributed by atoms with E-state index in [0.29, 0.717) is 24.2 Å². The van der Waals surface area contributed by atoms with Gasteiger partial charge in [-0.15, -0.1) is 0 Å². The van der Waals surface area contributed by atoms with E-state index in [9.17, 15) is 33.5 Å². The van der Waals surface area contributed by atoms with E-state index in [1.807, 2.05) is 0 Å². The maximum Gasteiger partial charge on any atom is 0.329 e. The molecule has 0 aromatic heterocycles. The van der Waals surface area contributed by atoms with Gasteiger partial charge in [0.1, 0.15) is 30.3 Å². The first-order valence-electron chi connectivity index (χ1n) is 12.4. The molecule has 0 radical (unpaired) electrons. The molecule has 2 unspecified atom stereocenters. The van der Waals surface area contributed by atoms with E-state index in [0.717, 1.165) is 0 Å². The van der Waals surface area contributed by atoms with E-state index in [4.69, 9.17) is 14.6 Å². The number of amides is 3. The number of unbranched alkanes of at least 4 members (excludes halogenated alkanes) is 1. The van der Waals surface area contributed by atoms with E-state index >= 15 is 0 Å². The fourth-order valence-electron chi connectivity index (χ4n) is 3.49. The van der Waals surface area contributed by atoms with Gasteiger partial charge in [-0.1, -0.05) is 12.1 Å². The lowest BCUT2D eigenvalue weighted by atomic mass is 10.1. The van der Waals surface area contributed by atoms with Crippen LogP contribution in [0.1, 0.15) is 48.0 Å². The van der Waals surface area contributed by atoms with Crippen LogP contribution in [0, 0.1) is 5.82 Å². The van der Waals surface area contributed by atoms with Crippen LogP contribution in [-0.4, -0.2) is 65.8 Å². The van der Waals surface area contributed by atoms with E-state index in [1.165, 1.54) is 31.4 Å². The van der Waals surface area contributed by atoms with Gasteiger partial charge in [0.05, 0.1) is 7.11 Å². The van der Waals surface area contributed by atoms with Crippen molar-refractivity contribution < 1.29 is 48.0 Å². The van der Waals surface area contributed by atoms with Gasteiger partial charge in [0.15, 0.2) is 0 Å². The van der Waals surface area contributed by atoms with Gasteiger partial charge in [-0.25, -0.2) is 18.8 Å². The third kappa shape index (κ3) is 11.4. The molecule has 0 heterocycles. The number of hydrogen-bond acceptors (Lipinski definition) is 7. The number of nitrogens with one attached hydrogen (secondary N) is 3. The minimum absolute atomic E-state index is 0.0906. The topological polar surface area (TPSA) is 180 Å². The monoisotopic (exact) mass is 561 g/mol. The second kappa shape index (κ2) is 16.3. The Morgan fingerprint density at radius 1 is 0.875 bits per heavy atom. The summed E-state index contributed by atoms with van der Waals surface area (Å²) in [5, 5.41) is 25.3. The first-order chi connectivity index (χ1) is 19.1. The molecule has 0 aliphatic rings. The van der Waals surface area contributed by atoms with Gasteiger partial charge in [-0.05, 0) is 67.6 Å². The van der Waals surface area contributed by atoms with Crippen LogP contribution in [0.15, 0.2) is 48.5 Å². The van der Waals surface area contributed by atoms with Crippen molar-refractivity contribution >= 4 is 29.8 Å². The van der Waals surface area contributed by atoms with Gasteiger partial charge in [-0.2, -0.15) is 0 Å². The molecule has 3 amide bonds. The summed E-state index contributed by atoms with van der Waals surface area (Å²) in [5.74, 6) is -3.65. The molecule has 2 atom stereocenters. The van der Waals surface area contributed by atoms with Crippen molar-refractivity contribution in [2.24, 2.45) is 0 Å². The fourth-order valence-corrected chi connectivity index (χ4v) is 3.49. The van der Waals surface area contributed by atoms with Crippen molar-refractivity contribution in [1.29, 1.82) is 0 Å². The van der Waals surface area contributed by atoms with Crippen molar-refractivity contribution in [2.45, 2.75) is 50.8 Å². The van der Waals surface area contributed by atoms with Crippen molar-refractivity contribution in [1.82, 2.24) is 16.0 Å². The van der Waals surface area contributed by atoms with E-state index in [-0.39, 0.29) is 31.6 Å². The molecule has 2 rings (SSSR count). The van der Waals surface area contributed by atoms with Crippen LogP contribution in [0.4, 0.5) is 9.18 Å². The van der Waals surface area contributed by atoms with E-state index in [1.54, 1.807) is 24.3 Å². The summed E-state index contributed by atoms with van der Waals surface area (Å²) in [7, 11) is 1.52. The molecule has 2 aromatic rings. The Hall–Kier alpha value is -4.68. The van der Waals surface area contributed by atoms with Crippen LogP contribution >= 0.6 is 0 Å². The first kappa shape index (κ1) is 31.5. The van der Waals surface area contributed by atoms with Crippen LogP contribution < -0.4 is 20.7 Å². The highest BCUT2D eigenvalue weighted by atomic mass is 19.1. The lowest BCUT2D eigenvalue weighted by Crippen LogP contribution is -2.51. The number of esters is 1. The highest BCUT2D eigenvalue weighted by molar-refractivity contribution is 5.94. The number of carbonyl (C=O) groups excluding carboxylic acids is 3. The quantitative estimate of drug-likeness (QED) is 0.152. The number of carboxylic acid groups (broad SMARTS) is 2. The van der Waals surface area contributed by atoms with E-state index in [2.05, 4.69) is 16.0 Å². The molecule has 0 aliphatic heterocycles. The molecule has 0 spiro atoms. The fraction of sp³-hybridized carbons (Fsp3) is 0.370. The number of methoxy groups -OCH3 is 1. The molecule has 5 N–H and O–H groups in total. The predicted octanol–water partition coefficient (Wildman–Crippen LogP) is 2.46. The third-order valence-electron chi connectivity index (χ3n) is 5.69. The number of carbonyl (C=O) groups is 5. The molecular formula is C27H32FN3O9. The van der Waals surface area contributed by atoms with Gasteiger partial charge >= 0.3 is 23.9 Å². The largest absolute Gasteiger partial charge is 0.497 e. The molecule has 13 heteroatoms. The smallest absolute Gasteiger partial charge is 0.329 e. The normalized spacial score (nSPS) is 11.9. The average Bonchev–Trinajstić information content (AvgIpc) is 2.93. The molecule has 216 valence electrons. The van der Waals surface area contributed by atoms with Gasteiger partial charge in [-0.3, -0.25) is 9.59 Å².